The lowest BCUT2D eigenvalue weighted by molar-refractivity contribution is 0.588. The molecule has 0 saturated heterocycles. The van der Waals surface area contributed by atoms with E-state index in [1.54, 1.807) is 31.2 Å². The summed E-state index contributed by atoms with van der Waals surface area (Å²) in [5.41, 5.74) is 0.790. The van der Waals surface area contributed by atoms with Crippen LogP contribution in [0, 0.1) is 18.6 Å². The molecule has 0 radical (unpaired) electrons. The molecular weight excluding hydrogens is 334 g/mol. The molecular formula is C18H13ClF2N2O. The third-order valence-corrected chi connectivity index (χ3v) is 4.07. The number of rotatable bonds is 2. The molecule has 122 valence electrons. The molecule has 0 aliphatic heterocycles. The second kappa shape index (κ2) is 6.17. The van der Waals surface area contributed by atoms with Gasteiger partial charge in [0.05, 0.1) is 17.0 Å². The minimum absolute atomic E-state index is 0.206. The lowest BCUT2D eigenvalue weighted by Crippen LogP contribution is -2.24. The summed E-state index contributed by atoms with van der Waals surface area (Å²) in [5.74, 6) is -1.43. The molecule has 6 heteroatoms. The maximum absolute atomic E-state index is 14.3. The van der Waals surface area contributed by atoms with Gasteiger partial charge in [0.2, 0.25) is 0 Å². The van der Waals surface area contributed by atoms with Crippen LogP contribution in [0.3, 0.4) is 0 Å². The lowest BCUT2D eigenvalue weighted by Gasteiger charge is -2.17. The largest absolute Gasteiger partial charge is 0.348 e. The van der Waals surface area contributed by atoms with Gasteiger partial charge in [-0.25, -0.2) is 13.6 Å². The predicted molar refractivity (Wildman–Crippen MR) is 90.0 cm³/mol. The maximum Gasteiger partial charge on any atom is 0.348 e. The summed E-state index contributed by atoms with van der Waals surface area (Å²) in [7, 11) is 1.51. The predicted octanol–water partition coefficient (Wildman–Crippen LogP) is 4.35. The number of halogens is 3. The highest BCUT2D eigenvalue weighted by atomic mass is 35.5. The molecule has 3 nitrogen and oxygen atoms in total. The Bertz CT molecular complexity index is 961. The quantitative estimate of drug-likeness (QED) is 0.691. The van der Waals surface area contributed by atoms with Crippen LogP contribution < -0.4 is 5.69 Å². The first-order chi connectivity index (χ1) is 11.4. The van der Waals surface area contributed by atoms with Gasteiger partial charge < -0.3 is 0 Å². The average Bonchev–Trinajstić information content (AvgIpc) is 2.53. The van der Waals surface area contributed by atoms with Crippen LogP contribution in [-0.4, -0.2) is 9.55 Å². The van der Waals surface area contributed by atoms with Crippen molar-refractivity contribution in [3.8, 4) is 22.4 Å². The molecule has 0 aliphatic carbocycles. The number of hydrogen-bond donors (Lipinski definition) is 0. The Morgan fingerprint density at radius 3 is 2.17 bits per heavy atom. The highest BCUT2D eigenvalue weighted by Crippen LogP contribution is 2.36. The first-order valence-electron chi connectivity index (χ1n) is 7.18. The number of benzene rings is 2. The number of aryl methyl sites for hydroxylation is 1. The van der Waals surface area contributed by atoms with Crippen LogP contribution in [0.15, 0.2) is 47.3 Å². The fourth-order valence-electron chi connectivity index (χ4n) is 2.69. The fraction of sp³-hybridized carbons (Fsp3) is 0.111. The molecule has 0 bridgehead atoms. The van der Waals surface area contributed by atoms with Gasteiger partial charge >= 0.3 is 5.69 Å². The molecule has 1 heterocycles. The highest BCUT2D eigenvalue weighted by Gasteiger charge is 2.21. The summed E-state index contributed by atoms with van der Waals surface area (Å²) in [6.45, 7) is 1.56. The monoisotopic (exact) mass is 346 g/mol. The van der Waals surface area contributed by atoms with E-state index < -0.39 is 17.3 Å². The van der Waals surface area contributed by atoms with Crippen LogP contribution >= 0.6 is 11.6 Å². The number of aromatic nitrogens is 2. The molecule has 0 N–H and O–H groups in total. The molecule has 0 saturated carbocycles. The molecule has 0 aliphatic rings. The smallest absolute Gasteiger partial charge is 0.294 e. The van der Waals surface area contributed by atoms with E-state index in [0.717, 1.165) is 0 Å². The Hall–Kier alpha value is -2.53. The van der Waals surface area contributed by atoms with Crippen LogP contribution in [0.1, 0.15) is 5.69 Å². The Balaban J connectivity index is 2.44. The normalized spacial score (nSPS) is 10.9. The van der Waals surface area contributed by atoms with Gasteiger partial charge in [-0.2, -0.15) is 4.98 Å². The molecule has 0 atom stereocenters. The van der Waals surface area contributed by atoms with Gasteiger partial charge in [-0.1, -0.05) is 29.8 Å². The Kier molecular flexibility index (Phi) is 4.20. The molecule has 3 aromatic rings. The maximum atomic E-state index is 14.3. The second-order valence-electron chi connectivity index (χ2n) is 5.37. The summed E-state index contributed by atoms with van der Waals surface area (Å²) in [4.78, 5) is 16.0. The molecule has 0 spiro atoms. The average molecular weight is 347 g/mol. The Morgan fingerprint density at radius 1 is 1.00 bits per heavy atom. The van der Waals surface area contributed by atoms with Crippen molar-refractivity contribution in [1.29, 1.82) is 0 Å². The van der Waals surface area contributed by atoms with Gasteiger partial charge in [-0.3, -0.25) is 4.57 Å². The van der Waals surface area contributed by atoms with Crippen molar-refractivity contribution in [3.63, 3.8) is 0 Å². The molecule has 0 fully saturated rings. The molecule has 3 rings (SSSR count). The van der Waals surface area contributed by atoms with E-state index in [1.807, 2.05) is 0 Å². The van der Waals surface area contributed by atoms with Crippen molar-refractivity contribution < 1.29 is 8.78 Å². The highest BCUT2D eigenvalue weighted by molar-refractivity contribution is 6.30. The molecule has 0 unspecified atom stereocenters. The van der Waals surface area contributed by atoms with Crippen molar-refractivity contribution in [1.82, 2.24) is 9.55 Å². The van der Waals surface area contributed by atoms with Crippen LogP contribution in [0.5, 0.6) is 0 Å². The number of nitrogens with zero attached hydrogens (tertiary/aromatic N) is 2. The van der Waals surface area contributed by atoms with Crippen LogP contribution in [0.2, 0.25) is 5.02 Å². The van der Waals surface area contributed by atoms with E-state index in [1.165, 1.54) is 29.8 Å². The zero-order chi connectivity index (χ0) is 17.4. The van der Waals surface area contributed by atoms with Gasteiger partial charge in [0.1, 0.15) is 11.6 Å². The zero-order valence-corrected chi connectivity index (χ0v) is 13.7. The van der Waals surface area contributed by atoms with E-state index >= 15 is 0 Å². The molecule has 0 amide bonds. The molecule has 1 aromatic heterocycles. The van der Waals surface area contributed by atoms with Crippen LogP contribution in [0.4, 0.5) is 8.78 Å². The minimum atomic E-state index is -0.714. The van der Waals surface area contributed by atoms with Gasteiger partial charge in [-0.15, -0.1) is 0 Å². The Labute approximate surface area is 142 Å². The summed E-state index contributed by atoms with van der Waals surface area (Å²) in [6, 6.07) is 10.3. The van der Waals surface area contributed by atoms with Gasteiger partial charge in [0, 0.05) is 17.6 Å². The van der Waals surface area contributed by atoms with Crippen molar-refractivity contribution in [2.24, 2.45) is 7.05 Å². The summed E-state index contributed by atoms with van der Waals surface area (Å²) < 4.78 is 29.9. The van der Waals surface area contributed by atoms with Crippen molar-refractivity contribution in [2.75, 3.05) is 0 Å². The minimum Gasteiger partial charge on any atom is -0.294 e. The first-order valence-corrected chi connectivity index (χ1v) is 7.56. The molecule has 24 heavy (non-hydrogen) atoms. The van der Waals surface area contributed by atoms with Crippen molar-refractivity contribution >= 4 is 11.6 Å². The zero-order valence-electron chi connectivity index (χ0n) is 13.0. The number of hydrogen-bond acceptors (Lipinski definition) is 2. The fourth-order valence-corrected chi connectivity index (χ4v) is 2.82. The van der Waals surface area contributed by atoms with E-state index in [2.05, 4.69) is 4.98 Å². The molecule has 2 aromatic carbocycles. The SMILES string of the molecule is Cc1nc(=O)n(C)c(-c2ccc(Cl)cc2)c1-c1c(F)cccc1F. The third kappa shape index (κ3) is 2.71. The summed E-state index contributed by atoms with van der Waals surface area (Å²) >= 11 is 5.91. The first kappa shape index (κ1) is 16.3. The van der Waals surface area contributed by atoms with E-state index in [9.17, 15) is 13.6 Å². The second-order valence-corrected chi connectivity index (χ2v) is 5.80. The van der Waals surface area contributed by atoms with Gasteiger partial charge in [0.15, 0.2) is 0 Å². The van der Waals surface area contributed by atoms with Crippen LogP contribution in [-0.2, 0) is 7.05 Å². The van der Waals surface area contributed by atoms with Crippen LogP contribution in [0.25, 0.3) is 22.4 Å². The topological polar surface area (TPSA) is 34.9 Å². The van der Waals surface area contributed by atoms with E-state index in [-0.39, 0.29) is 16.8 Å². The van der Waals surface area contributed by atoms with Gasteiger partial charge in [0.25, 0.3) is 0 Å². The summed E-state index contributed by atoms with van der Waals surface area (Å²) in [6.07, 6.45) is 0. The van der Waals surface area contributed by atoms with E-state index in [4.69, 9.17) is 11.6 Å². The van der Waals surface area contributed by atoms with Gasteiger partial charge in [-0.05, 0) is 36.8 Å². The van der Waals surface area contributed by atoms with E-state index in [0.29, 0.717) is 16.3 Å². The summed E-state index contributed by atoms with van der Waals surface area (Å²) in [5, 5.41) is 0.521. The Morgan fingerprint density at radius 2 is 1.58 bits per heavy atom. The standard InChI is InChI=1S/C18H13ClF2N2O/c1-10-15(16-13(20)4-3-5-14(16)21)17(23(2)18(24)22-10)11-6-8-12(19)9-7-11/h3-9H,1-2H3. The van der Waals surface area contributed by atoms with Crippen molar-refractivity contribution in [2.45, 2.75) is 6.92 Å². The van der Waals surface area contributed by atoms with Crippen molar-refractivity contribution in [3.05, 3.63) is 75.3 Å². The third-order valence-electron chi connectivity index (χ3n) is 3.81. The lowest BCUT2D eigenvalue weighted by atomic mass is 9.96.